The van der Waals surface area contributed by atoms with Crippen LogP contribution in [0.15, 0.2) is 18.2 Å². The monoisotopic (exact) mass is 270 g/mol. The van der Waals surface area contributed by atoms with Gasteiger partial charge in [-0.2, -0.15) is 0 Å². The highest BCUT2D eigenvalue weighted by molar-refractivity contribution is 7.93. The Morgan fingerprint density at radius 2 is 2.12 bits per heavy atom. The minimum atomic E-state index is -3.28. The van der Waals surface area contributed by atoms with Crippen molar-refractivity contribution in [2.75, 3.05) is 4.72 Å². The van der Waals surface area contributed by atoms with Crippen molar-refractivity contribution in [3.63, 3.8) is 0 Å². The summed E-state index contributed by atoms with van der Waals surface area (Å²) in [6.45, 7) is 1.85. The lowest BCUT2D eigenvalue weighted by Crippen LogP contribution is -2.21. The molecule has 1 aromatic carbocycles. The molecule has 0 radical (unpaired) electrons. The Morgan fingerprint density at radius 1 is 1.47 bits per heavy atom. The average Bonchev–Trinajstić information content (AvgIpc) is 2.98. The van der Waals surface area contributed by atoms with Gasteiger partial charge in [0.15, 0.2) is 0 Å². The number of hydrogen-bond donors (Lipinski definition) is 2. The summed E-state index contributed by atoms with van der Waals surface area (Å²) in [5.74, 6) is 0. The molecule has 1 aromatic rings. The average molecular weight is 270 g/mol. The minimum absolute atomic E-state index is 0.205. The van der Waals surface area contributed by atoms with Crippen molar-refractivity contribution < 1.29 is 8.42 Å². The third-order valence-electron chi connectivity index (χ3n) is 2.73. The first-order chi connectivity index (χ1) is 7.92. The molecular weight excluding hydrogens is 256 g/mol. The molecule has 0 heterocycles. The third kappa shape index (κ3) is 2.58. The summed E-state index contributed by atoms with van der Waals surface area (Å²) in [4.78, 5) is 0.205. The van der Waals surface area contributed by atoms with Crippen LogP contribution in [0.2, 0.25) is 0 Å². The van der Waals surface area contributed by atoms with E-state index in [1.165, 1.54) is 0 Å². The number of nitrogens with one attached hydrogen (secondary N) is 1. The number of sulfonamides is 1. The van der Waals surface area contributed by atoms with Crippen LogP contribution < -0.4 is 10.5 Å². The van der Waals surface area contributed by atoms with Crippen LogP contribution in [0.1, 0.15) is 24.0 Å². The summed E-state index contributed by atoms with van der Waals surface area (Å²) in [6, 6.07) is 5.31. The van der Waals surface area contributed by atoms with Crippen molar-refractivity contribution in [3.8, 4) is 0 Å². The third-order valence-corrected chi connectivity index (χ3v) is 4.79. The molecule has 0 amide bonds. The Kier molecular flexibility index (Phi) is 3.09. The van der Waals surface area contributed by atoms with Crippen LogP contribution in [0.4, 0.5) is 5.69 Å². The van der Waals surface area contributed by atoms with E-state index in [1.807, 2.05) is 13.0 Å². The largest absolute Gasteiger partial charge is 0.389 e. The predicted octanol–water partition coefficient (Wildman–Crippen LogP) is 1.53. The second-order valence-corrected chi connectivity index (χ2v) is 6.61. The van der Waals surface area contributed by atoms with Gasteiger partial charge in [-0.1, -0.05) is 24.4 Å². The van der Waals surface area contributed by atoms with Gasteiger partial charge in [0.25, 0.3) is 0 Å². The lowest BCUT2D eigenvalue weighted by atomic mass is 10.1. The fourth-order valence-corrected chi connectivity index (χ4v) is 3.37. The van der Waals surface area contributed by atoms with E-state index in [9.17, 15) is 8.42 Å². The highest BCUT2D eigenvalue weighted by Crippen LogP contribution is 2.31. The lowest BCUT2D eigenvalue weighted by Gasteiger charge is -2.13. The van der Waals surface area contributed by atoms with Crippen molar-refractivity contribution in [2.45, 2.75) is 25.0 Å². The molecule has 1 saturated carbocycles. The van der Waals surface area contributed by atoms with Crippen molar-refractivity contribution in [3.05, 3.63) is 29.3 Å². The summed E-state index contributed by atoms with van der Waals surface area (Å²) < 4.78 is 26.3. The zero-order chi connectivity index (χ0) is 12.6. The van der Waals surface area contributed by atoms with Crippen LogP contribution in [0.5, 0.6) is 0 Å². The molecule has 0 atom stereocenters. The molecule has 17 heavy (non-hydrogen) atoms. The molecule has 0 saturated heterocycles. The number of thiocarbonyl (C=S) groups is 1. The van der Waals surface area contributed by atoms with Gasteiger partial charge in [0.05, 0.1) is 10.9 Å². The fourth-order valence-electron chi connectivity index (χ4n) is 1.69. The molecule has 0 aliphatic heterocycles. The summed E-state index contributed by atoms with van der Waals surface area (Å²) in [5, 5.41) is -0.262. The van der Waals surface area contributed by atoms with Crippen LogP contribution in [-0.2, 0) is 10.0 Å². The van der Waals surface area contributed by atoms with E-state index < -0.39 is 10.0 Å². The van der Waals surface area contributed by atoms with Gasteiger partial charge in [0.2, 0.25) is 10.0 Å². The highest BCUT2D eigenvalue weighted by atomic mass is 32.2. The lowest BCUT2D eigenvalue weighted by molar-refractivity contribution is 0.600. The maximum atomic E-state index is 11.9. The van der Waals surface area contributed by atoms with Gasteiger partial charge in [-0.05, 0) is 31.4 Å². The number of rotatable bonds is 4. The molecule has 0 spiro atoms. The first-order valence-electron chi connectivity index (χ1n) is 5.33. The van der Waals surface area contributed by atoms with Crippen molar-refractivity contribution in [1.82, 2.24) is 0 Å². The Morgan fingerprint density at radius 3 is 2.65 bits per heavy atom. The quantitative estimate of drug-likeness (QED) is 0.814. The van der Waals surface area contributed by atoms with E-state index in [0.29, 0.717) is 11.3 Å². The predicted molar refractivity (Wildman–Crippen MR) is 72.6 cm³/mol. The van der Waals surface area contributed by atoms with E-state index in [0.717, 1.165) is 18.4 Å². The van der Waals surface area contributed by atoms with Crippen LogP contribution in [0.25, 0.3) is 0 Å². The molecule has 0 bridgehead atoms. The van der Waals surface area contributed by atoms with E-state index in [2.05, 4.69) is 4.72 Å². The number of hydrogen-bond acceptors (Lipinski definition) is 3. The first-order valence-corrected chi connectivity index (χ1v) is 7.28. The van der Waals surface area contributed by atoms with Crippen molar-refractivity contribution in [2.24, 2.45) is 5.73 Å². The Bertz CT molecular complexity index is 563. The molecule has 1 aliphatic carbocycles. The zero-order valence-corrected chi connectivity index (χ0v) is 11.1. The molecule has 3 N–H and O–H groups in total. The highest BCUT2D eigenvalue weighted by Gasteiger charge is 2.36. The van der Waals surface area contributed by atoms with Gasteiger partial charge in [0, 0.05) is 5.56 Å². The van der Waals surface area contributed by atoms with E-state index in [1.54, 1.807) is 12.1 Å². The van der Waals surface area contributed by atoms with Crippen LogP contribution >= 0.6 is 12.2 Å². The molecule has 1 fully saturated rings. The van der Waals surface area contributed by atoms with Gasteiger partial charge >= 0.3 is 0 Å². The molecule has 4 nitrogen and oxygen atoms in total. The summed E-state index contributed by atoms with van der Waals surface area (Å²) in [7, 11) is -3.28. The van der Waals surface area contributed by atoms with Gasteiger partial charge in [0.1, 0.15) is 4.99 Å². The molecule has 92 valence electrons. The Hall–Kier alpha value is -1.14. The Balaban J connectivity index is 2.39. The Labute approximate surface area is 106 Å². The molecule has 2 rings (SSSR count). The second kappa shape index (κ2) is 4.27. The van der Waals surface area contributed by atoms with Crippen molar-refractivity contribution >= 4 is 32.9 Å². The molecule has 1 aliphatic rings. The normalized spacial score (nSPS) is 15.6. The van der Waals surface area contributed by atoms with E-state index in [-0.39, 0.29) is 10.2 Å². The van der Waals surface area contributed by atoms with Gasteiger partial charge in [-0.25, -0.2) is 8.42 Å². The zero-order valence-electron chi connectivity index (χ0n) is 9.43. The van der Waals surface area contributed by atoms with Gasteiger partial charge in [-0.15, -0.1) is 0 Å². The van der Waals surface area contributed by atoms with Gasteiger partial charge in [-0.3, -0.25) is 4.72 Å². The first kappa shape index (κ1) is 12.3. The van der Waals surface area contributed by atoms with Crippen LogP contribution in [0, 0.1) is 6.92 Å². The topological polar surface area (TPSA) is 72.2 Å². The van der Waals surface area contributed by atoms with E-state index in [4.69, 9.17) is 18.0 Å². The van der Waals surface area contributed by atoms with Crippen molar-refractivity contribution in [1.29, 1.82) is 0 Å². The van der Waals surface area contributed by atoms with E-state index >= 15 is 0 Å². The number of aryl methyl sites for hydroxylation is 1. The maximum absolute atomic E-state index is 11.9. The molecule has 6 heteroatoms. The van der Waals surface area contributed by atoms with Crippen LogP contribution in [-0.4, -0.2) is 18.7 Å². The number of benzene rings is 1. The summed E-state index contributed by atoms with van der Waals surface area (Å²) in [6.07, 6.45) is 1.45. The SMILES string of the molecule is Cc1cccc(NS(=O)(=O)C2CC2)c1C(N)=S. The molecular formula is C11H14N2O2S2. The fraction of sp³-hybridized carbons (Fsp3) is 0.364. The minimum Gasteiger partial charge on any atom is -0.389 e. The number of anilines is 1. The smallest absolute Gasteiger partial charge is 0.235 e. The summed E-state index contributed by atoms with van der Waals surface area (Å²) >= 11 is 4.95. The maximum Gasteiger partial charge on any atom is 0.235 e. The second-order valence-electron chi connectivity index (χ2n) is 4.21. The number of nitrogens with two attached hydrogens (primary N) is 1. The van der Waals surface area contributed by atoms with Gasteiger partial charge < -0.3 is 5.73 Å². The summed E-state index contributed by atoms with van der Waals surface area (Å²) in [5.41, 5.74) is 7.57. The van der Waals surface area contributed by atoms with Crippen LogP contribution in [0.3, 0.4) is 0 Å². The molecule has 0 aromatic heterocycles. The standard InChI is InChI=1S/C11H14N2O2S2/c1-7-3-2-4-9(10(7)11(12)16)13-17(14,15)8-5-6-8/h2-4,8,13H,5-6H2,1H3,(H2,12,16). The molecule has 0 unspecified atom stereocenters.